The zero-order valence-electron chi connectivity index (χ0n) is 11.1. The fourth-order valence-electron chi connectivity index (χ4n) is 2.37. The molecule has 1 aliphatic heterocycles. The van der Waals surface area contributed by atoms with Gasteiger partial charge in [-0.25, -0.2) is 0 Å². The average molecular weight is 249 g/mol. The number of hydrogen-bond acceptors (Lipinski definition) is 3. The minimum Gasteiger partial charge on any atom is -0.386 e. The Kier molecular flexibility index (Phi) is 4.75. The fraction of sp³-hybridized carbons (Fsp3) is 0.600. The molecule has 1 fully saturated rings. The Morgan fingerprint density at radius 3 is 2.83 bits per heavy atom. The Bertz CT molecular complexity index is 355. The van der Waals surface area contributed by atoms with Crippen molar-refractivity contribution in [2.45, 2.75) is 37.9 Å². The molecule has 3 heteroatoms. The molecule has 1 aromatic carbocycles. The number of benzene rings is 1. The largest absolute Gasteiger partial charge is 0.386 e. The van der Waals surface area contributed by atoms with E-state index in [9.17, 15) is 5.11 Å². The lowest BCUT2D eigenvalue weighted by atomic mass is 9.97. The summed E-state index contributed by atoms with van der Waals surface area (Å²) in [7, 11) is 0. The van der Waals surface area contributed by atoms with Crippen molar-refractivity contribution in [3.63, 3.8) is 0 Å². The van der Waals surface area contributed by atoms with Gasteiger partial charge in [-0.15, -0.1) is 0 Å². The monoisotopic (exact) mass is 249 g/mol. The molecule has 0 amide bonds. The summed E-state index contributed by atoms with van der Waals surface area (Å²) in [6.45, 7) is 4.18. The van der Waals surface area contributed by atoms with Crippen LogP contribution in [-0.4, -0.2) is 36.5 Å². The third-order valence-corrected chi connectivity index (χ3v) is 3.75. The van der Waals surface area contributed by atoms with Crippen LogP contribution in [0.3, 0.4) is 0 Å². The van der Waals surface area contributed by atoms with Crippen molar-refractivity contribution in [2.75, 3.05) is 19.7 Å². The number of aliphatic hydroxyl groups is 1. The van der Waals surface area contributed by atoms with Gasteiger partial charge < -0.3 is 15.2 Å². The third-order valence-electron chi connectivity index (χ3n) is 3.75. The first-order chi connectivity index (χ1) is 8.71. The maximum Gasteiger partial charge on any atom is 0.105 e. The molecule has 2 atom stereocenters. The summed E-state index contributed by atoms with van der Waals surface area (Å²) >= 11 is 0. The van der Waals surface area contributed by atoms with E-state index in [0.717, 1.165) is 25.8 Å². The van der Waals surface area contributed by atoms with Gasteiger partial charge in [-0.1, -0.05) is 30.3 Å². The van der Waals surface area contributed by atoms with Crippen LogP contribution in [0.2, 0.25) is 0 Å². The van der Waals surface area contributed by atoms with Crippen LogP contribution in [0.1, 0.15) is 25.3 Å². The second-order valence-corrected chi connectivity index (χ2v) is 5.13. The quantitative estimate of drug-likeness (QED) is 0.755. The first-order valence-corrected chi connectivity index (χ1v) is 6.79. The van der Waals surface area contributed by atoms with Crippen molar-refractivity contribution in [3.05, 3.63) is 35.9 Å². The molecular formula is C15H23NO2. The van der Waals surface area contributed by atoms with Gasteiger partial charge in [0.05, 0.1) is 6.10 Å². The van der Waals surface area contributed by atoms with Crippen LogP contribution in [0.15, 0.2) is 30.3 Å². The van der Waals surface area contributed by atoms with Gasteiger partial charge in [-0.3, -0.25) is 0 Å². The van der Waals surface area contributed by atoms with E-state index in [-0.39, 0.29) is 6.10 Å². The summed E-state index contributed by atoms with van der Waals surface area (Å²) in [6, 6.07) is 10.5. The lowest BCUT2D eigenvalue weighted by Gasteiger charge is -2.26. The van der Waals surface area contributed by atoms with Crippen molar-refractivity contribution in [1.82, 2.24) is 5.32 Å². The maximum atomic E-state index is 10.3. The molecular weight excluding hydrogens is 226 g/mol. The highest BCUT2D eigenvalue weighted by molar-refractivity contribution is 5.14. The van der Waals surface area contributed by atoms with Crippen molar-refractivity contribution < 1.29 is 9.84 Å². The Hall–Kier alpha value is -0.900. The predicted octanol–water partition coefficient (Wildman–Crippen LogP) is 1.75. The van der Waals surface area contributed by atoms with E-state index in [1.165, 1.54) is 5.56 Å². The number of ether oxygens (including phenoxy) is 1. The van der Waals surface area contributed by atoms with E-state index in [2.05, 4.69) is 29.6 Å². The summed E-state index contributed by atoms with van der Waals surface area (Å²) < 4.78 is 5.40. The van der Waals surface area contributed by atoms with Gasteiger partial charge in [0.2, 0.25) is 0 Å². The van der Waals surface area contributed by atoms with Crippen molar-refractivity contribution in [2.24, 2.45) is 0 Å². The van der Waals surface area contributed by atoms with Gasteiger partial charge in [-0.05, 0) is 31.9 Å². The zero-order valence-corrected chi connectivity index (χ0v) is 11.1. The van der Waals surface area contributed by atoms with Crippen molar-refractivity contribution >= 4 is 0 Å². The topological polar surface area (TPSA) is 41.5 Å². The molecule has 2 N–H and O–H groups in total. The lowest BCUT2D eigenvalue weighted by Crippen LogP contribution is -2.46. The molecule has 1 aliphatic rings. The molecule has 0 saturated carbocycles. The van der Waals surface area contributed by atoms with E-state index >= 15 is 0 Å². The van der Waals surface area contributed by atoms with Gasteiger partial charge in [-0.2, -0.15) is 0 Å². The fourth-order valence-corrected chi connectivity index (χ4v) is 2.37. The molecule has 2 unspecified atom stereocenters. The van der Waals surface area contributed by atoms with Crippen LogP contribution in [0.5, 0.6) is 0 Å². The highest BCUT2D eigenvalue weighted by Gasteiger charge is 2.38. The highest BCUT2D eigenvalue weighted by Crippen LogP contribution is 2.24. The predicted molar refractivity (Wildman–Crippen MR) is 72.6 cm³/mol. The molecule has 0 spiro atoms. The van der Waals surface area contributed by atoms with Crippen LogP contribution in [0.25, 0.3) is 0 Å². The Morgan fingerprint density at radius 2 is 2.17 bits per heavy atom. The van der Waals surface area contributed by atoms with E-state index in [1.54, 1.807) is 0 Å². The molecule has 1 heterocycles. The maximum absolute atomic E-state index is 10.3. The molecule has 0 bridgehead atoms. The van der Waals surface area contributed by atoms with E-state index in [1.807, 2.05) is 13.0 Å². The molecule has 0 aliphatic carbocycles. The molecule has 1 aromatic rings. The number of hydrogen-bond donors (Lipinski definition) is 2. The molecule has 1 saturated heterocycles. The second kappa shape index (κ2) is 6.32. The van der Waals surface area contributed by atoms with Gasteiger partial charge in [0.15, 0.2) is 0 Å². The summed E-state index contributed by atoms with van der Waals surface area (Å²) in [4.78, 5) is 0. The zero-order chi connectivity index (χ0) is 12.8. The van der Waals surface area contributed by atoms with Gasteiger partial charge >= 0.3 is 0 Å². The SMILES string of the molecule is CC1OCCC1(O)CNCCCc1ccccc1. The van der Waals surface area contributed by atoms with E-state index in [0.29, 0.717) is 13.2 Å². The summed E-state index contributed by atoms with van der Waals surface area (Å²) in [5.41, 5.74) is 0.697. The molecule has 0 radical (unpaired) electrons. The Balaban J connectivity index is 1.62. The molecule has 100 valence electrons. The molecule has 0 aromatic heterocycles. The smallest absolute Gasteiger partial charge is 0.105 e. The van der Waals surface area contributed by atoms with Crippen LogP contribution in [0, 0.1) is 0 Å². The van der Waals surface area contributed by atoms with Crippen LogP contribution in [-0.2, 0) is 11.2 Å². The molecule has 18 heavy (non-hydrogen) atoms. The minimum atomic E-state index is -0.674. The highest BCUT2D eigenvalue weighted by atomic mass is 16.5. The summed E-state index contributed by atoms with van der Waals surface area (Å²) in [6.07, 6.45) is 2.85. The van der Waals surface area contributed by atoms with Crippen LogP contribution < -0.4 is 5.32 Å². The first-order valence-electron chi connectivity index (χ1n) is 6.79. The minimum absolute atomic E-state index is 0.0564. The standard InChI is InChI=1S/C15H23NO2/c1-13-15(17,9-11-18-13)12-16-10-5-8-14-6-3-2-4-7-14/h2-4,6-7,13,16-17H,5,8-12H2,1H3. The van der Waals surface area contributed by atoms with E-state index < -0.39 is 5.60 Å². The van der Waals surface area contributed by atoms with Crippen molar-refractivity contribution in [3.8, 4) is 0 Å². The number of nitrogens with one attached hydrogen (secondary N) is 1. The normalized spacial score (nSPS) is 27.6. The third kappa shape index (κ3) is 3.55. The van der Waals surface area contributed by atoms with Gasteiger partial charge in [0, 0.05) is 19.6 Å². The first kappa shape index (κ1) is 13.5. The number of aryl methyl sites for hydroxylation is 1. The Morgan fingerprint density at radius 1 is 1.39 bits per heavy atom. The molecule has 2 rings (SSSR count). The summed E-state index contributed by atoms with van der Waals surface area (Å²) in [5, 5.41) is 13.6. The van der Waals surface area contributed by atoms with Crippen LogP contribution >= 0.6 is 0 Å². The summed E-state index contributed by atoms with van der Waals surface area (Å²) in [5.74, 6) is 0. The lowest BCUT2D eigenvalue weighted by molar-refractivity contribution is -0.0259. The van der Waals surface area contributed by atoms with E-state index in [4.69, 9.17) is 4.74 Å². The number of rotatable bonds is 6. The van der Waals surface area contributed by atoms with Gasteiger partial charge in [0.1, 0.15) is 5.60 Å². The second-order valence-electron chi connectivity index (χ2n) is 5.13. The Labute approximate surface area is 109 Å². The average Bonchev–Trinajstić information content (AvgIpc) is 2.71. The van der Waals surface area contributed by atoms with Crippen molar-refractivity contribution in [1.29, 1.82) is 0 Å². The molecule has 3 nitrogen and oxygen atoms in total. The van der Waals surface area contributed by atoms with Gasteiger partial charge in [0.25, 0.3) is 0 Å². The van der Waals surface area contributed by atoms with Crippen LogP contribution in [0.4, 0.5) is 0 Å².